The normalized spacial score (nSPS) is 13.2. The Morgan fingerprint density at radius 1 is 1.44 bits per heavy atom. The van der Waals surface area contributed by atoms with Gasteiger partial charge >= 0.3 is 0 Å². The first-order chi connectivity index (χ1) is 7.67. The van der Waals surface area contributed by atoms with Crippen molar-refractivity contribution in [3.8, 4) is 0 Å². The molecule has 1 heterocycles. The topological polar surface area (TPSA) is 54.7 Å². The molecule has 0 saturated heterocycles. The van der Waals surface area contributed by atoms with Crippen LogP contribution in [0.3, 0.4) is 0 Å². The second-order valence-electron chi connectivity index (χ2n) is 3.72. The van der Waals surface area contributed by atoms with Gasteiger partial charge in [-0.1, -0.05) is 6.92 Å². The van der Waals surface area contributed by atoms with E-state index in [9.17, 15) is 8.78 Å². The van der Waals surface area contributed by atoms with E-state index in [1.165, 1.54) is 6.07 Å². The Hall–Kier alpha value is -1.49. The predicted octanol–water partition coefficient (Wildman–Crippen LogP) is 2.29. The summed E-state index contributed by atoms with van der Waals surface area (Å²) in [7, 11) is 0. The van der Waals surface area contributed by atoms with Crippen molar-refractivity contribution >= 4 is 11.0 Å². The molecule has 0 aliphatic heterocycles. The molecule has 3 N–H and O–H groups in total. The molecule has 1 aromatic heterocycles. The molecule has 1 aromatic carbocycles. The lowest BCUT2D eigenvalue weighted by molar-refractivity contribution is 0.515. The van der Waals surface area contributed by atoms with Gasteiger partial charge in [0.2, 0.25) is 0 Å². The van der Waals surface area contributed by atoms with Crippen molar-refractivity contribution in [1.29, 1.82) is 0 Å². The second kappa shape index (κ2) is 4.17. The molecule has 0 radical (unpaired) electrons. The van der Waals surface area contributed by atoms with E-state index in [-0.39, 0.29) is 11.4 Å². The second-order valence-corrected chi connectivity index (χ2v) is 3.72. The fourth-order valence-corrected chi connectivity index (χ4v) is 1.70. The number of rotatable bonds is 3. The largest absolute Gasteiger partial charge is 0.342 e. The summed E-state index contributed by atoms with van der Waals surface area (Å²) < 4.78 is 26.4. The van der Waals surface area contributed by atoms with E-state index >= 15 is 0 Å². The third-order valence-electron chi connectivity index (χ3n) is 2.73. The van der Waals surface area contributed by atoms with Crippen LogP contribution in [0.4, 0.5) is 8.78 Å². The molecular formula is C11H13F2N3. The molecule has 2 aromatic rings. The number of halogens is 2. The fraction of sp³-hybridized carbons (Fsp3) is 0.364. The smallest absolute Gasteiger partial charge is 0.186 e. The number of nitrogens with two attached hydrogens (primary N) is 1. The lowest BCUT2D eigenvalue weighted by Crippen LogP contribution is -2.12. The van der Waals surface area contributed by atoms with E-state index in [1.807, 2.05) is 6.92 Å². The zero-order valence-corrected chi connectivity index (χ0v) is 8.93. The highest BCUT2D eigenvalue weighted by molar-refractivity contribution is 5.75. The Morgan fingerprint density at radius 2 is 2.19 bits per heavy atom. The monoisotopic (exact) mass is 225 g/mol. The minimum atomic E-state index is -0.910. The Labute approximate surface area is 91.7 Å². The molecular weight excluding hydrogens is 212 g/mol. The molecule has 0 spiro atoms. The lowest BCUT2D eigenvalue weighted by Gasteiger charge is -2.07. The van der Waals surface area contributed by atoms with Crippen molar-refractivity contribution in [3.05, 3.63) is 29.6 Å². The van der Waals surface area contributed by atoms with Gasteiger partial charge in [0.25, 0.3) is 0 Å². The van der Waals surface area contributed by atoms with Crippen molar-refractivity contribution in [3.63, 3.8) is 0 Å². The highest BCUT2D eigenvalue weighted by Gasteiger charge is 2.16. The first-order valence-corrected chi connectivity index (χ1v) is 5.21. The van der Waals surface area contributed by atoms with Crippen LogP contribution in [0.1, 0.15) is 25.1 Å². The van der Waals surface area contributed by atoms with Crippen molar-refractivity contribution in [2.75, 3.05) is 6.54 Å². The Morgan fingerprint density at radius 3 is 2.81 bits per heavy atom. The Kier molecular flexibility index (Phi) is 2.87. The summed E-state index contributed by atoms with van der Waals surface area (Å²) in [5, 5.41) is 0. The van der Waals surface area contributed by atoms with Gasteiger partial charge in [-0.2, -0.15) is 0 Å². The average molecular weight is 225 g/mol. The number of hydrogen-bond acceptors (Lipinski definition) is 2. The van der Waals surface area contributed by atoms with E-state index in [0.29, 0.717) is 17.9 Å². The van der Waals surface area contributed by atoms with Gasteiger partial charge < -0.3 is 10.7 Å². The first-order valence-electron chi connectivity index (χ1n) is 5.21. The van der Waals surface area contributed by atoms with Gasteiger partial charge in [0.15, 0.2) is 11.6 Å². The number of benzene rings is 1. The third-order valence-corrected chi connectivity index (χ3v) is 2.73. The van der Waals surface area contributed by atoms with Crippen LogP contribution >= 0.6 is 0 Å². The number of fused-ring (bicyclic) bond motifs is 1. The number of nitrogens with zero attached hydrogens (tertiary/aromatic N) is 1. The van der Waals surface area contributed by atoms with Gasteiger partial charge in [0.1, 0.15) is 11.3 Å². The number of H-pyrrole nitrogens is 1. The molecule has 0 saturated carbocycles. The summed E-state index contributed by atoms with van der Waals surface area (Å²) in [5.74, 6) is -1.13. The molecule has 0 amide bonds. The van der Waals surface area contributed by atoms with Gasteiger partial charge in [-0.05, 0) is 18.6 Å². The first kappa shape index (κ1) is 11.0. The quantitative estimate of drug-likeness (QED) is 0.842. The molecule has 0 bridgehead atoms. The molecule has 1 atom stereocenters. The summed E-state index contributed by atoms with van der Waals surface area (Å²) >= 11 is 0. The maximum atomic E-state index is 13.4. The van der Waals surface area contributed by atoms with Crippen molar-refractivity contribution in [1.82, 2.24) is 9.97 Å². The Balaban J connectivity index is 2.55. The van der Waals surface area contributed by atoms with Crippen LogP contribution < -0.4 is 5.73 Å². The minimum Gasteiger partial charge on any atom is -0.342 e. The molecule has 0 aliphatic carbocycles. The number of imidazole rings is 1. The van der Waals surface area contributed by atoms with Gasteiger partial charge in [-0.3, -0.25) is 0 Å². The summed E-state index contributed by atoms with van der Waals surface area (Å²) in [5.41, 5.74) is 6.12. The van der Waals surface area contributed by atoms with Crippen LogP contribution in [0.25, 0.3) is 11.0 Å². The molecule has 86 valence electrons. The summed E-state index contributed by atoms with van der Waals surface area (Å²) in [6.07, 6.45) is 0.806. The van der Waals surface area contributed by atoms with E-state index in [1.54, 1.807) is 0 Å². The SMILES string of the molecule is CCC(CN)c1nc2c(F)c(F)ccc2[nH]1. The number of aromatic amines is 1. The molecule has 16 heavy (non-hydrogen) atoms. The van der Waals surface area contributed by atoms with E-state index < -0.39 is 11.6 Å². The van der Waals surface area contributed by atoms with Crippen molar-refractivity contribution in [2.45, 2.75) is 19.3 Å². The number of hydrogen-bond donors (Lipinski definition) is 2. The van der Waals surface area contributed by atoms with Crippen LogP contribution in [-0.4, -0.2) is 16.5 Å². The van der Waals surface area contributed by atoms with Crippen LogP contribution in [0, 0.1) is 11.6 Å². The highest BCUT2D eigenvalue weighted by Crippen LogP contribution is 2.22. The Bertz CT molecular complexity index is 503. The zero-order valence-electron chi connectivity index (χ0n) is 8.93. The zero-order chi connectivity index (χ0) is 11.7. The van der Waals surface area contributed by atoms with Crippen LogP contribution in [0.5, 0.6) is 0 Å². The number of nitrogens with one attached hydrogen (secondary N) is 1. The average Bonchev–Trinajstić information content (AvgIpc) is 2.70. The molecule has 1 unspecified atom stereocenters. The van der Waals surface area contributed by atoms with E-state index in [0.717, 1.165) is 12.5 Å². The highest BCUT2D eigenvalue weighted by atomic mass is 19.2. The summed E-state index contributed by atoms with van der Waals surface area (Å²) in [6, 6.07) is 2.57. The van der Waals surface area contributed by atoms with Gasteiger partial charge in [-0.25, -0.2) is 13.8 Å². The number of aromatic nitrogens is 2. The molecule has 0 aliphatic rings. The lowest BCUT2D eigenvalue weighted by atomic mass is 10.1. The van der Waals surface area contributed by atoms with Crippen molar-refractivity contribution in [2.24, 2.45) is 5.73 Å². The van der Waals surface area contributed by atoms with E-state index in [4.69, 9.17) is 5.73 Å². The van der Waals surface area contributed by atoms with Crippen molar-refractivity contribution < 1.29 is 8.78 Å². The molecule has 5 heteroatoms. The molecule has 0 fully saturated rings. The summed E-state index contributed by atoms with van der Waals surface area (Å²) in [4.78, 5) is 7.03. The summed E-state index contributed by atoms with van der Waals surface area (Å²) in [6.45, 7) is 2.40. The third kappa shape index (κ3) is 1.67. The fourth-order valence-electron chi connectivity index (χ4n) is 1.70. The predicted molar refractivity (Wildman–Crippen MR) is 58.1 cm³/mol. The van der Waals surface area contributed by atoms with Crippen LogP contribution in [0.2, 0.25) is 0 Å². The standard InChI is InChI=1S/C11H13F2N3/c1-2-6(5-14)11-15-8-4-3-7(12)9(13)10(8)16-11/h3-4,6H,2,5,14H2,1H3,(H,15,16). The van der Waals surface area contributed by atoms with E-state index in [2.05, 4.69) is 9.97 Å². The van der Waals surface area contributed by atoms with Gasteiger partial charge in [0.05, 0.1) is 5.52 Å². The van der Waals surface area contributed by atoms with Gasteiger partial charge in [-0.15, -0.1) is 0 Å². The van der Waals surface area contributed by atoms with Crippen LogP contribution in [0.15, 0.2) is 12.1 Å². The maximum Gasteiger partial charge on any atom is 0.186 e. The minimum absolute atomic E-state index is 0.0434. The molecule has 3 nitrogen and oxygen atoms in total. The van der Waals surface area contributed by atoms with Crippen LogP contribution in [-0.2, 0) is 0 Å². The maximum absolute atomic E-state index is 13.4. The van der Waals surface area contributed by atoms with Gasteiger partial charge in [0, 0.05) is 12.5 Å². The molecule has 2 rings (SSSR count).